The highest BCUT2D eigenvalue weighted by Crippen LogP contribution is 2.63. The first-order valence-electron chi connectivity index (χ1n) is 19.0. The number of benzene rings is 9. The summed E-state index contributed by atoms with van der Waals surface area (Å²) in [6.45, 7) is 0. The molecule has 10 aromatic rings. The molecule has 0 saturated carbocycles. The quantitative estimate of drug-likeness (QED) is 0.182. The minimum Gasteiger partial charge on any atom is -0.453 e. The summed E-state index contributed by atoms with van der Waals surface area (Å²) < 4.78 is 7.27. The van der Waals surface area contributed by atoms with Crippen LogP contribution in [0.3, 0.4) is 0 Å². The van der Waals surface area contributed by atoms with Crippen LogP contribution < -0.4 is 4.90 Å². The maximum absolute atomic E-state index is 7.27. The number of hydrogen-bond donors (Lipinski definition) is 0. The van der Waals surface area contributed by atoms with Gasteiger partial charge in [0.2, 0.25) is 0 Å². The fourth-order valence-electron chi connectivity index (χ4n) is 9.88. The van der Waals surface area contributed by atoms with E-state index in [1.807, 2.05) is 0 Å². The Morgan fingerprint density at radius 3 is 1.53 bits per heavy atom. The predicted octanol–water partition coefficient (Wildman–Crippen LogP) is 14.2. The zero-order valence-electron chi connectivity index (χ0n) is 29.9. The van der Waals surface area contributed by atoms with E-state index in [1.54, 1.807) is 0 Å². The van der Waals surface area contributed by atoms with E-state index in [4.69, 9.17) is 4.42 Å². The van der Waals surface area contributed by atoms with Crippen LogP contribution in [-0.4, -0.2) is 0 Å². The molecule has 12 rings (SSSR count). The summed E-state index contributed by atoms with van der Waals surface area (Å²) in [5, 5.41) is 4.58. The molecule has 2 aliphatic rings. The minimum atomic E-state index is -0.425. The lowest BCUT2D eigenvalue weighted by Crippen LogP contribution is -2.25. The van der Waals surface area contributed by atoms with E-state index in [9.17, 15) is 0 Å². The van der Waals surface area contributed by atoms with Gasteiger partial charge in [0.05, 0.1) is 11.1 Å². The Morgan fingerprint density at radius 2 is 0.891 bits per heavy atom. The van der Waals surface area contributed by atoms with Crippen molar-refractivity contribution in [2.75, 3.05) is 4.90 Å². The fourth-order valence-corrected chi connectivity index (χ4v) is 9.88. The summed E-state index contributed by atoms with van der Waals surface area (Å²) in [7, 11) is 0. The average Bonchev–Trinajstić information content (AvgIpc) is 3.88. The number of anilines is 3. The topological polar surface area (TPSA) is 16.4 Å². The van der Waals surface area contributed by atoms with E-state index in [-0.39, 0.29) is 0 Å². The number of furan rings is 1. The molecule has 55 heavy (non-hydrogen) atoms. The lowest BCUT2D eigenvalue weighted by atomic mass is 9.70. The summed E-state index contributed by atoms with van der Waals surface area (Å²) in [5.41, 5.74) is 17.3. The molecule has 9 aromatic carbocycles. The lowest BCUT2D eigenvalue weighted by molar-refractivity contribution is 0.670. The molecule has 2 heteroatoms. The molecule has 0 bridgehead atoms. The van der Waals surface area contributed by atoms with Crippen molar-refractivity contribution < 1.29 is 4.42 Å². The predicted molar refractivity (Wildman–Crippen MR) is 228 cm³/mol. The second-order valence-electron chi connectivity index (χ2n) is 14.8. The van der Waals surface area contributed by atoms with E-state index < -0.39 is 5.41 Å². The van der Waals surface area contributed by atoms with Crippen LogP contribution in [-0.2, 0) is 5.41 Å². The standard InChI is InChI=1S/C53H33NO/c1-3-17-36(18-4-1)54(37-19-5-2-6-20-37)49-29-15-25-43-44-32-34-16-7-8-21-38(34)50(52(44)55-51(43)49)35-30-31-42-41-24-11-14-28-47(41)53(48(42)33-35)45-26-12-9-22-39(45)40-23-10-13-27-46(40)53/h1-33H. The molecule has 1 heterocycles. The van der Waals surface area contributed by atoms with Crippen LogP contribution in [0.1, 0.15) is 22.3 Å². The van der Waals surface area contributed by atoms with Gasteiger partial charge in [-0.05, 0) is 103 Å². The van der Waals surface area contributed by atoms with Gasteiger partial charge in [0, 0.05) is 27.7 Å². The number of fused-ring (bicyclic) bond motifs is 14. The third-order valence-corrected chi connectivity index (χ3v) is 12.0. The molecule has 0 unspecified atom stereocenters. The van der Waals surface area contributed by atoms with Crippen molar-refractivity contribution in [1.29, 1.82) is 0 Å². The Morgan fingerprint density at radius 1 is 0.364 bits per heavy atom. The maximum atomic E-state index is 7.27. The first-order valence-corrected chi connectivity index (χ1v) is 19.0. The fraction of sp³-hybridized carbons (Fsp3) is 0.0189. The van der Waals surface area contributed by atoms with E-state index in [0.29, 0.717) is 0 Å². The van der Waals surface area contributed by atoms with Crippen LogP contribution in [0.4, 0.5) is 17.1 Å². The van der Waals surface area contributed by atoms with Gasteiger partial charge in [0.15, 0.2) is 5.58 Å². The molecule has 2 nitrogen and oxygen atoms in total. The Kier molecular flexibility index (Phi) is 6.29. The van der Waals surface area contributed by atoms with E-state index in [0.717, 1.165) is 50.1 Å². The van der Waals surface area contributed by atoms with Gasteiger partial charge >= 0.3 is 0 Å². The van der Waals surface area contributed by atoms with Crippen molar-refractivity contribution in [3.8, 4) is 33.4 Å². The molecule has 0 aliphatic heterocycles. The second kappa shape index (κ2) is 11.4. The summed E-state index contributed by atoms with van der Waals surface area (Å²) in [4.78, 5) is 2.30. The van der Waals surface area contributed by atoms with E-state index in [2.05, 4.69) is 205 Å². The average molecular weight is 700 g/mol. The number of para-hydroxylation sites is 3. The highest BCUT2D eigenvalue weighted by molar-refractivity contribution is 6.20. The molecule has 1 spiro atoms. The van der Waals surface area contributed by atoms with Gasteiger partial charge in [-0.1, -0.05) is 158 Å². The molecule has 1 aromatic heterocycles. The largest absolute Gasteiger partial charge is 0.453 e. The summed E-state index contributed by atoms with van der Waals surface area (Å²) in [5.74, 6) is 0. The second-order valence-corrected chi connectivity index (χ2v) is 14.8. The Balaban J connectivity index is 1.16. The van der Waals surface area contributed by atoms with Gasteiger partial charge in [-0.2, -0.15) is 0 Å². The Bertz CT molecular complexity index is 3050. The van der Waals surface area contributed by atoms with E-state index in [1.165, 1.54) is 55.3 Å². The smallest absolute Gasteiger partial charge is 0.159 e. The SMILES string of the molecule is c1ccc(N(c2ccccc2)c2cccc3c2oc2c(-c4ccc5c(c4)C4(c6ccccc6-c6ccccc64)c4ccccc4-5)c4ccccc4cc23)cc1. The molecular weight excluding hydrogens is 667 g/mol. The van der Waals surface area contributed by atoms with Gasteiger partial charge in [-0.25, -0.2) is 0 Å². The summed E-state index contributed by atoms with van der Waals surface area (Å²) in [6.07, 6.45) is 0. The zero-order chi connectivity index (χ0) is 36.1. The Labute approximate surface area is 319 Å². The van der Waals surface area contributed by atoms with Crippen LogP contribution in [0.15, 0.2) is 205 Å². The van der Waals surface area contributed by atoms with Crippen molar-refractivity contribution >= 4 is 49.8 Å². The molecular formula is C53H33NO. The summed E-state index contributed by atoms with van der Waals surface area (Å²) in [6, 6.07) is 72.9. The normalized spacial score (nSPS) is 13.2. The van der Waals surface area contributed by atoms with Crippen LogP contribution in [0, 0.1) is 0 Å². The highest BCUT2D eigenvalue weighted by Gasteiger charge is 2.51. The van der Waals surface area contributed by atoms with Gasteiger partial charge in [0.25, 0.3) is 0 Å². The van der Waals surface area contributed by atoms with Gasteiger partial charge in [0.1, 0.15) is 5.58 Å². The van der Waals surface area contributed by atoms with Crippen LogP contribution >= 0.6 is 0 Å². The zero-order valence-corrected chi connectivity index (χ0v) is 29.9. The van der Waals surface area contributed by atoms with E-state index >= 15 is 0 Å². The number of hydrogen-bond acceptors (Lipinski definition) is 2. The first kappa shape index (κ1) is 30.3. The van der Waals surface area contributed by atoms with Crippen LogP contribution in [0.5, 0.6) is 0 Å². The molecule has 0 saturated heterocycles. The molecule has 0 atom stereocenters. The highest BCUT2D eigenvalue weighted by atomic mass is 16.3. The van der Waals surface area contributed by atoms with Crippen molar-refractivity contribution in [3.63, 3.8) is 0 Å². The van der Waals surface area contributed by atoms with Gasteiger partial charge < -0.3 is 9.32 Å². The molecule has 0 N–H and O–H groups in total. The lowest BCUT2D eigenvalue weighted by Gasteiger charge is -2.30. The molecule has 2 aliphatic carbocycles. The third-order valence-electron chi connectivity index (χ3n) is 12.0. The van der Waals surface area contributed by atoms with Crippen molar-refractivity contribution in [2.45, 2.75) is 5.41 Å². The van der Waals surface area contributed by atoms with Gasteiger partial charge in [-0.15, -0.1) is 0 Å². The summed E-state index contributed by atoms with van der Waals surface area (Å²) >= 11 is 0. The maximum Gasteiger partial charge on any atom is 0.159 e. The van der Waals surface area contributed by atoms with Crippen molar-refractivity contribution in [1.82, 2.24) is 0 Å². The van der Waals surface area contributed by atoms with Crippen LogP contribution in [0.2, 0.25) is 0 Å². The van der Waals surface area contributed by atoms with Crippen LogP contribution in [0.25, 0.3) is 66.1 Å². The third kappa shape index (κ3) is 4.08. The Hall–Kier alpha value is -7.16. The molecule has 0 radical (unpaired) electrons. The molecule has 0 fully saturated rings. The monoisotopic (exact) mass is 699 g/mol. The molecule has 0 amide bonds. The molecule has 256 valence electrons. The number of nitrogens with zero attached hydrogens (tertiary/aromatic N) is 1. The first-order chi connectivity index (χ1) is 27.3. The van der Waals surface area contributed by atoms with Gasteiger partial charge in [-0.3, -0.25) is 0 Å². The minimum absolute atomic E-state index is 0.425. The van der Waals surface area contributed by atoms with Crippen molar-refractivity contribution in [3.05, 3.63) is 222 Å². The van der Waals surface area contributed by atoms with Crippen molar-refractivity contribution in [2.24, 2.45) is 0 Å². The number of rotatable bonds is 4.